The molecular formula is C41H26N4. The Bertz CT molecular complexity index is 4140. The highest BCUT2D eigenvalue weighted by molar-refractivity contribution is 6.13. The molecule has 0 aliphatic carbocycles. The molecule has 4 heterocycles. The Labute approximate surface area is 295 Å². The summed E-state index contributed by atoms with van der Waals surface area (Å²) in [7, 11) is 0. The van der Waals surface area contributed by atoms with Crippen LogP contribution in [0.3, 0.4) is 0 Å². The van der Waals surface area contributed by atoms with E-state index in [1.54, 1.807) is 0 Å². The predicted octanol–water partition coefficient (Wildman–Crippen LogP) is 10.4. The van der Waals surface area contributed by atoms with Crippen molar-refractivity contribution in [3.8, 4) is 17.2 Å². The topological polar surface area (TPSA) is 27.7 Å². The normalized spacial score (nSPS) is 20.1. The zero-order valence-corrected chi connectivity index (χ0v) is 22.3. The minimum absolute atomic E-state index is 0.438. The van der Waals surface area contributed by atoms with Crippen molar-refractivity contribution in [3.63, 3.8) is 0 Å². The lowest BCUT2D eigenvalue weighted by Crippen LogP contribution is -1.99. The summed E-state index contributed by atoms with van der Waals surface area (Å²) in [4.78, 5) is 4.31. The van der Waals surface area contributed by atoms with Crippen LogP contribution in [0.15, 0.2) is 157 Å². The number of hydrogen-bond acceptors (Lipinski definition) is 1. The van der Waals surface area contributed by atoms with Gasteiger partial charge in [0.1, 0.15) is 5.82 Å². The quantitative estimate of drug-likeness (QED) is 0.198. The van der Waals surface area contributed by atoms with Crippen LogP contribution in [-0.4, -0.2) is 18.7 Å². The zero-order chi connectivity index (χ0) is 52.1. The highest BCUT2D eigenvalue weighted by Gasteiger charge is 2.19. The number of pyridine rings is 1. The van der Waals surface area contributed by atoms with Crippen molar-refractivity contribution < 1.29 is 35.6 Å². The van der Waals surface area contributed by atoms with Gasteiger partial charge in [0.2, 0.25) is 0 Å². The summed E-state index contributed by atoms with van der Waals surface area (Å²) < 4.78 is 235. The number of aromatic nitrogens is 4. The first-order valence-electron chi connectivity index (χ1n) is 26.2. The van der Waals surface area contributed by atoms with E-state index < -0.39 is 240 Å². The van der Waals surface area contributed by atoms with E-state index in [0.717, 1.165) is 13.7 Å². The van der Waals surface area contributed by atoms with Crippen LogP contribution in [0, 0.1) is 0 Å². The molecule has 6 aromatic carbocycles. The number of benzene rings is 6. The molecule has 4 heteroatoms. The summed E-state index contributed by atoms with van der Waals surface area (Å²) in [6.45, 7) is 0. The van der Waals surface area contributed by atoms with E-state index >= 15 is 0 Å². The standard InChI is InChI=1S/C41H26N4/c1-2-12-27(13-3-1)43-35-18-8-4-16-31(35)33-23-22-28(24-39(33)43)44-36-19-9-7-17-32(36)34-26-42-41(25-40(34)44)45-37-20-10-5-14-29(37)30-15-6-11-21-38(30)45/h1-26H/i1D,2D,3D,4D,5D,6D,7D,8D,9D,10D,11D,12D,13D,14D,15D,16D,17D,18D,19D,20D,21D,22D,23D,24D,25D,26D. The van der Waals surface area contributed by atoms with Crippen molar-refractivity contribution in [2.75, 3.05) is 0 Å². The molecule has 0 fully saturated rings. The smallest absolute Gasteiger partial charge is 0.139 e. The third-order valence-electron chi connectivity index (χ3n) is 7.43. The van der Waals surface area contributed by atoms with Gasteiger partial charge in [-0.1, -0.05) is 96.7 Å². The van der Waals surface area contributed by atoms with Crippen LogP contribution in [0.1, 0.15) is 35.6 Å². The van der Waals surface area contributed by atoms with Crippen molar-refractivity contribution in [3.05, 3.63) is 157 Å². The maximum Gasteiger partial charge on any atom is 0.139 e. The molecule has 0 amide bonds. The Balaban J connectivity index is 1.52. The van der Waals surface area contributed by atoms with Crippen molar-refractivity contribution in [1.82, 2.24) is 18.7 Å². The predicted molar refractivity (Wildman–Crippen MR) is 187 cm³/mol. The molecule has 0 unspecified atom stereocenters. The van der Waals surface area contributed by atoms with Gasteiger partial charge in [0.15, 0.2) is 0 Å². The maximum atomic E-state index is 10.0. The minimum atomic E-state index is -0.995. The maximum absolute atomic E-state index is 10.0. The fourth-order valence-corrected chi connectivity index (χ4v) is 5.62. The molecule has 0 saturated carbocycles. The van der Waals surface area contributed by atoms with E-state index in [9.17, 15) is 8.22 Å². The lowest BCUT2D eigenvalue weighted by Gasteiger charge is -2.12. The Morgan fingerprint density at radius 2 is 0.800 bits per heavy atom. The highest BCUT2D eigenvalue weighted by Crippen LogP contribution is 2.38. The highest BCUT2D eigenvalue weighted by atomic mass is 15.1. The van der Waals surface area contributed by atoms with Crippen molar-refractivity contribution in [1.29, 1.82) is 0 Å². The minimum Gasteiger partial charge on any atom is -0.309 e. The summed E-state index contributed by atoms with van der Waals surface area (Å²) in [6, 6.07) is -21.7. The molecule has 0 aliphatic rings. The van der Waals surface area contributed by atoms with Crippen LogP contribution < -0.4 is 0 Å². The molecule has 0 aliphatic heterocycles. The number of rotatable bonds is 3. The Morgan fingerprint density at radius 3 is 1.40 bits per heavy atom. The summed E-state index contributed by atoms with van der Waals surface area (Å²) >= 11 is 0. The average Bonchev–Trinajstić information content (AvgIpc) is 4.01. The molecule has 4 aromatic heterocycles. The van der Waals surface area contributed by atoms with Crippen LogP contribution in [-0.2, 0) is 0 Å². The summed E-state index contributed by atoms with van der Waals surface area (Å²) in [5, 5.41) is -3.00. The number of hydrogen-bond donors (Lipinski definition) is 0. The third kappa shape index (κ3) is 3.39. The fraction of sp³-hybridized carbons (Fsp3) is 0. The zero-order valence-electron chi connectivity index (χ0n) is 48.3. The van der Waals surface area contributed by atoms with Gasteiger partial charge in [-0.3, -0.25) is 4.57 Å². The molecular weight excluding hydrogens is 548 g/mol. The molecule has 0 radical (unpaired) electrons. The van der Waals surface area contributed by atoms with E-state index in [1.807, 2.05) is 0 Å². The third-order valence-corrected chi connectivity index (χ3v) is 7.43. The molecule has 0 N–H and O–H groups in total. The largest absolute Gasteiger partial charge is 0.309 e. The van der Waals surface area contributed by atoms with Crippen molar-refractivity contribution in [2.24, 2.45) is 0 Å². The molecule has 0 bridgehead atoms. The van der Waals surface area contributed by atoms with Crippen LogP contribution in [0.25, 0.3) is 82.6 Å². The van der Waals surface area contributed by atoms with E-state index in [4.69, 9.17) is 27.4 Å². The molecule has 210 valence electrons. The Kier molecular flexibility index (Phi) is 2.08. The molecule has 10 rings (SSSR count). The molecule has 0 spiro atoms. The van der Waals surface area contributed by atoms with E-state index in [1.165, 1.54) is 0 Å². The van der Waals surface area contributed by atoms with Gasteiger partial charge in [-0.2, -0.15) is 0 Å². The molecule has 45 heavy (non-hydrogen) atoms. The SMILES string of the molecule is [2H]c1c([2H])c([2H])c(-n2c3c([2H])c([2H])c([2H])c([2H])c3c3c([2H])c([2H])c(-n4c5c([2H])c(-n6c7c([2H])c([2H])c([2H])c([2H])c7c7c([2H])c([2H])c([2H])c([2H])c76)nc([2H])c5c5c([2H])c([2H])c([2H])c([2H])c54)c([2H])c32)c([2H])c1[2H]. The van der Waals surface area contributed by atoms with Gasteiger partial charge in [0.05, 0.1) is 68.7 Å². The molecule has 0 saturated heterocycles. The average molecular weight is 601 g/mol. The Morgan fingerprint density at radius 1 is 0.356 bits per heavy atom. The van der Waals surface area contributed by atoms with Gasteiger partial charge in [0, 0.05) is 55.9 Å². The molecule has 10 aromatic rings. The van der Waals surface area contributed by atoms with Crippen LogP contribution in [0.4, 0.5) is 0 Å². The van der Waals surface area contributed by atoms with Crippen molar-refractivity contribution in [2.45, 2.75) is 0 Å². The second kappa shape index (κ2) is 9.18. The summed E-state index contributed by atoms with van der Waals surface area (Å²) in [6.07, 6.45) is -0.904. The molecule has 4 nitrogen and oxygen atoms in total. The van der Waals surface area contributed by atoms with Crippen LogP contribution in [0.5, 0.6) is 0 Å². The van der Waals surface area contributed by atoms with Crippen LogP contribution >= 0.6 is 0 Å². The van der Waals surface area contributed by atoms with Crippen LogP contribution in [0.2, 0.25) is 0 Å². The Hall–Kier alpha value is -6.13. The summed E-state index contributed by atoms with van der Waals surface area (Å²) in [5.74, 6) is -0.779. The van der Waals surface area contributed by atoms with Gasteiger partial charge in [-0.05, 0) is 48.3 Å². The second-order valence-electron chi connectivity index (χ2n) is 9.72. The first-order valence-corrected chi connectivity index (χ1v) is 13.2. The first-order chi connectivity index (χ1) is 33.2. The van der Waals surface area contributed by atoms with E-state index in [0.29, 0.717) is 0 Å². The number of fused-ring (bicyclic) bond motifs is 9. The van der Waals surface area contributed by atoms with Gasteiger partial charge in [-0.25, -0.2) is 4.98 Å². The van der Waals surface area contributed by atoms with Gasteiger partial charge < -0.3 is 9.13 Å². The second-order valence-corrected chi connectivity index (χ2v) is 9.72. The number of nitrogens with zero attached hydrogens (tertiary/aromatic N) is 4. The summed E-state index contributed by atoms with van der Waals surface area (Å²) in [5.41, 5.74) is -5.23. The molecule has 0 atom stereocenters. The van der Waals surface area contributed by atoms with Gasteiger partial charge in [0.25, 0.3) is 0 Å². The van der Waals surface area contributed by atoms with Crippen molar-refractivity contribution >= 4 is 65.4 Å². The van der Waals surface area contributed by atoms with E-state index in [-0.39, 0.29) is 0 Å². The monoisotopic (exact) mass is 600 g/mol. The lowest BCUT2D eigenvalue weighted by atomic mass is 10.1. The lowest BCUT2D eigenvalue weighted by molar-refractivity contribution is 1.08. The first kappa shape index (κ1) is 10.2. The van der Waals surface area contributed by atoms with Gasteiger partial charge in [-0.15, -0.1) is 0 Å². The number of para-hydroxylation sites is 5. The van der Waals surface area contributed by atoms with E-state index in [2.05, 4.69) is 4.98 Å². The van der Waals surface area contributed by atoms with Gasteiger partial charge >= 0.3 is 0 Å². The fourth-order valence-electron chi connectivity index (χ4n) is 5.62.